The molecule has 6 heteroatoms. The molecule has 0 atom stereocenters. The van der Waals surface area contributed by atoms with Gasteiger partial charge in [0.2, 0.25) is 0 Å². The fourth-order valence-corrected chi connectivity index (χ4v) is 4.04. The Morgan fingerprint density at radius 1 is 1.08 bits per heavy atom. The third kappa shape index (κ3) is 2.17. The molecule has 5 rings (SSSR count). The SMILES string of the molecule is O=c1[nH]ccc2c3[nH]c(C4CCC(O)CC4)nc3c3cccnc3c12. The first-order chi connectivity index (χ1) is 12.2. The second kappa shape index (κ2) is 5.39. The molecule has 126 valence electrons. The van der Waals surface area contributed by atoms with Crippen molar-refractivity contribution in [3.05, 3.63) is 46.8 Å². The van der Waals surface area contributed by atoms with Gasteiger partial charge in [0.15, 0.2) is 0 Å². The average Bonchev–Trinajstić information content (AvgIpc) is 3.08. The summed E-state index contributed by atoms with van der Waals surface area (Å²) in [6, 6.07) is 5.74. The Morgan fingerprint density at radius 3 is 2.76 bits per heavy atom. The number of benzene rings is 1. The maximum absolute atomic E-state index is 12.4. The van der Waals surface area contributed by atoms with Gasteiger partial charge in [0.05, 0.1) is 28.0 Å². The summed E-state index contributed by atoms with van der Waals surface area (Å²) in [5.41, 5.74) is 2.30. The van der Waals surface area contributed by atoms with E-state index in [4.69, 9.17) is 4.98 Å². The average molecular weight is 334 g/mol. The first kappa shape index (κ1) is 14.6. The van der Waals surface area contributed by atoms with Crippen LogP contribution >= 0.6 is 0 Å². The van der Waals surface area contributed by atoms with E-state index in [-0.39, 0.29) is 11.7 Å². The van der Waals surface area contributed by atoms with Crippen LogP contribution in [0.15, 0.2) is 35.4 Å². The smallest absolute Gasteiger partial charge is 0.258 e. The molecule has 6 nitrogen and oxygen atoms in total. The molecule has 0 aliphatic heterocycles. The molecule has 4 aromatic rings. The van der Waals surface area contributed by atoms with Crippen molar-refractivity contribution >= 4 is 32.7 Å². The van der Waals surface area contributed by atoms with E-state index in [0.29, 0.717) is 16.8 Å². The minimum absolute atomic E-state index is 0.139. The molecule has 25 heavy (non-hydrogen) atoms. The molecular formula is C19H18N4O2. The van der Waals surface area contributed by atoms with E-state index < -0.39 is 0 Å². The van der Waals surface area contributed by atoms with Crippen LogP contribution in [0, 0.1) is 0 Å². The Labute approximate surface area is 142 Å². The quantitative estimate of drug-likeness (QED) is 0.466. The van der Waals surface area contributed by atoms with Crippen LogP contribution in [0.5, 0.6) is 0 Å². The lowest BCUT2D eigenvalue weighted by Gasteiger charge is -2.23. The van der Waals surface area contributed by atoms with Crippen LogP contribution in [-0.2, 0) is 0 Å². The topological polar surface area (TPSA) is 94.7 Å². The molecular weight excluding hydrogens is 316 g/mol. The number of imidazole rings is 1. The Kier molecular flexibility index (Phi) is 3.15. The van der Waals surface area contributed by atoms with Gasteiger partial charge in [-0.1, -0.05) is 0 Å². The maximum atomic E-state index is 12.4. The van der Waals surface area contributed by atoms with Crippen LogP contribution in [0.1, 0.15) is 37.4 Å². The first-order valence-corrected chi connectivity index (χ1v) is 8.68. The van der Waals surface area contributed by atoms with Gasteiger partial charge in [-0.05, 0) is 43.9 Å². The molecule has 0 amide bonds. The summed E-state index contributed by atoms with van der Waals surface area (Å²) in [5.74, 6) is 1.26. The summed E-state index contributed by atoms with van der Waals surface area (Å²) in [7, 11) is 0. The van der Waals surface area contributed by atoms with Crippen LogP contribution in [0.25, 0.3) is 32.7 Å². The summed E-state index contributed by atoms with van der Waals surface area (Å²) >= 11 is 0. The van der Waals surface area contributed by atoms with Gasteiger partial charge in [-0.2, -0.15) is 0 Å². The maximum Gasteiger partial charge on any atom is 0.258 e. The third-order valence-corrected chi connectivity index (χ3v) is 5.34. The van der Waals surface area contributed by atoms with E-state index in [0.717, 1.165) is 53.3 Å². The molecule has 1 aromatic carbocycles. The number of aromatic nitrogens is 4. The lowest BCUT2D eigenvalue weighted by atomic mass is 9.87. The van der Waals surface area contributed by atoms with Gasteiger partial charge in [-0.25, -0.2) is 4.98 Å². The van der Waals surface area contributed by atoms with Crippen molar-refractivity contribution < 1.29 is 5.11 Å². The summed E-state index contributed by atoms with van der Waals surface area (Å²) < 4.78 is 0. The van der Waals surface area contributed by atoms with E-state index in [1.54, 1.807) is 12.4 Å². The molecule has 1 aliphatic carbocycles. The first-order valence-electron chi connectivity index (χ1n) is 8.68. The number of hydrogen-bond acceptors (Lipinski definition) is 4. The summed E-state index contributed by atoms with van der Waals surface area (Å²) in [6.07, 6.45) is 6.65. The van der Waals surface area contributed by atoms with Crippen molar-refractivity contribution in [1.29, 1.82) is 0 Å². The largest absolute Gasteiger partial charge is 0.393 e. The van der Waals surface area contributed by atoms with E-state index >= 15 is 0 Å². The van der Waals surface area contributed by atoms with E-state index in [1.807, 2.05) is 18.2 Å². The van der Waals surface area contributed by atoms with Crippen molar-refractivity contribution in [2.24, 2.45) is 0 Å². The number of nitrogens with zero attached hydrogens (tertiary/aromatic N) is 2. The zero-order chi connectivity index (χ0) is 17.0. The highest BCUT2D eigenvalue weighted by Gasteiger charge is 2.24. The lowest BCUT2D eigenvalue weighted by Crippen LogP contribution is -2.17. The molecule has 3 heterocycles. The highest BCUT2D eigenvalue weighted by molar-refractivity contribution is 6.21. The van der Waals surface area contributed by atoms with E-state index in [1.165, 1.54) is 0 Å². The second-order valence-corrected chi connectivity index (χ2v) is 6.85. The van der Waals surface area contributed by atoms with Gasteiger partial charge in [-0.15, -0.1) is 0 Å². The van der Waals surface area contributed by atoms with Gasteiger partial charge < -0.3 is 15.1 Å². The highest BCUT2D eigenvalue weighted by atomic mass is 16.3. The molecule has 0 saturated heterocycles. The molecule has 3 N–H and O–H groups in total. The van der Waals surface area contributed by atoms with E-state index in [2.05, 4.69) is 15.0 Å². The summed E-state index contributed by atoms with van der Waals surface area (Å²) in [4.78, 5) is 28.0. The predicted molar refractivity (Wildman–Crippen MR) is 96.7 cm³/mol. The number of aliphatic hydroxyl groups is 1. The molecule has 0 spiro atoms. The van der Waals surface area contributed by atoms with Gasteiger partial charge in [-0.3, -0.25) is 9.78 Å². The molecule has 0 radical (unpaired) electrons. The summed E-state index contributed by atoms with van der Waals surface area (Å²) in [5, 5.41) is 12.1. The number of hydrogen-bond donors (Lipinski definition) is 3. The summed E-state index contributed by atoms with van der Waals surface area (Å²) in [6.45, 7) is 0. The van der Waals surface area contributed by atoms with Gasteiger partial charge in [0.1, 0.15) is 5.82 Å². The Morgan fingerprint density at radius 2 is 1.92 bits per heavy atom. The van der Waals surface area contributed by atoms with Crippen LogP contribution in [-0.4, -0.2) is 31.1 Å². The number of aliphatic hydroxyl groups excluding tert-OH is 1. The van der Waals surface area contributed by atoms with Crippen LogP contribution in [0.4, 0.5) is 0 Å². The fraction of sp³-hybridized carbons (Fsp3) is 0.316. The van der Waals surface area contributed by atoms with Crippen LogP contribution in [0.2, 0.25) is 0 Å². The van der Waals surface area contributed by atoms with Crippen molar-refractivity contribution in [3.63, 3.8) is 0 Å². The number of aromatic amines is 2. The highest BCUT2D eigenvalue weighted by Crippen LogP contribution is 2.36. The van der Waals surface area contributed by atoms with E-state index in [9.17, 15) is 9.90 Å². The third-order valence-electron chi connectivity index (χ3n) is 5.34. The zero-order valence-corrected chi connectivity index (χ0v) is 13.6. The monoisotopic (exact) mass is 334 g/mol. The van der Waals surface area contributed by atoms with Crippen molar-refractivity contribution in [2.45, 2.75) is 37.7 Å². The fourth-order valence-electron chi connectivity index (χ4n) is 4.04. The minimum atomic E-state index is -0.190. The van der Waals surface area contributed by atoms with Crippen LogP contribution in [0.3, 0.4) is 0 Å². The minimum Gasteiger partial charge on any atom is -0.393 e. The predicted octanol–water partition coefficient (Wildman–Crippen LogP) is 2.97. The Balaban J connectivity index is 1.83. The number of pyridine rings is 2. The van der Waals surface area contributed by atoms with Crippen molar-refractivity contribution in [1.82, 2.24) is 19.9 Å². The van der Waals surface area contributed by atoms with Gasteiger partial charge in [0, 0.05) is 29.1 Å². The Hall–Kier alpha value is -2.73. The van der Waals surface area contributed by atoms with Gasteiger partial charge in [0.25, 0.3) is 5.56 Å². The van der Waals surface area contributed by atoms with Crippen LogP contribution < -0.4 is 5.56 Å². The number of rotatable bonds is 1. The molecule has 1 aliphatic rings. The molecule has 1 fully saturated rings. The van der Waals surface area contributed by atoms with Crippen molar-refractivity contribution in [3.8, 4) is 0 Å². The molecule has 0 bridgehead atoms. The van der Waals surface area contributed by atoms with Crippen molar-refractivity contribution in [2.75, 3.05) is 0 Å². The zero-order valence-electron chi connectivity index (χ0n) is 13.6. The molecule has 0 unspecified atom stereocenters. The molecule has 3 aromatic heterocycles. The normalized spacial score (nSPS) is 21.3. The number of fused-ring (bicyclic) bond motifs is 6. The molecule has 1 saturated carbocycles. The number of H-pyrrole nitrogens is 2. The van der Waals surface area contributed by atoms with Gasteiger partial charge >= 0.3 is 0 Å². The standard InChI is InChI=1S/C19H18N4O2/c24-11-5-3-10(4-6-11)18-22-16-12-7-9-21-19(25)14(12)15-13(17(16)23-18)2-1-8-20-15/h1-2,7-11,24H,3-6H2,(H,21,25)(H,22,23). The number of nitrogens with one attached hydrogen (secondary N) is 2. The second-order valence-electron chi connectivity index (χ2n) is 6.85. The lowest BCUT2D eigenvalue weighted by molar-refractivity contribution is 0.121. The Bertz CT molecular complexity index is 1150.